The Kier molecular flexibility index (Phi) is 6.43. The summed E-state index contributed by atoms with van der Waals surface area (Å²) in [6, 6.07) is 13.8. The highest BCUT2D eigenvalue weighted by Crippen LogP contribution is 2.17. The molecule has 1 amide bonds. The number of amides is 1. The van der Waals surface area contributed by atoms with Gasteiger partial charge in [0.2, 0.25) is 5.91 Å². The Bertz CT molecular complexity index is 1400. The van der Waals surface area contributed by atoms with Crippen molar-refractivity contribution < 1.29 is 9.53 Å². The summed E-state index contributed by atoms with van der Waals surface area (Å²) in [7, 11) is 0. The summed E-state index contributed by atoms with van der Waals surface area (Å²) in [6.07, 6.45) is 2.90. The first kappa shape index (κ1) is 22.9. The number of nitrogens with one attached hydrogen (secondary N) is 1. The van der Waals surface area contributed by atoms with Gasteiger partial charge in [-0.05, 0) is 54.8 Å². The fourth-order valence-corrected chi connectivity index (χ4v) is 4.39. The van der Waals surface area contributed by atoms with Crippen molar-refractivity contribution >= 4 is 22.6 Å². The fraction of sp³-hybridized carbons (Fsp3) is 0.308. The second kappa shape index (κ2) is 9.81. The lowest BCUT2D eigenvalue weighted by molar-refractivity contribution is -0.116. The van der Waals surface area contributed by atoms with Crippen molar-refractivity contribution in [3.8, 4) is 5.69 Å². The molecular weight excluding hydrogens is 444 g/mol. The molecule has 0 radical (unpaired) electrons. The second-order valence-electron chi connectivity index (χ2n) is 8.95. The van der Waals surface area contributed by atoms with Crippen molar-refractivity contribution in [2.75, 3.05) is 31.6 Å². The molecule has 5 rings (SSSR count). The van der Waals surface area contributed by atoms with Gasteiger partial charge in [0, 0.05) is 25.3 Å². The molecule has 0 spiro atoms. The molecule has 1 N–H and O–H groups in total. The van der Waals surface area contributed by atoms with Gasteiger partial charge in [0.25, 0.3) is 5.56 Å². The van der Waals surface area contributed by atoms with Gasteiger partial charge in [0.1, 0.15) is 18.3 Å². The molecule has 1 aliphatic rings. The van der Waals surface area contributed by atoms with E-state index >= 15 is 0 Å². The normalized spacial score (nSPS) is 14.3. The molecule has 1 fully saturated rings. The molecule has 2 aromatic carbocycles. The smallest absolute Gasteiger partial charge is 0.264 e. The molecule has 9 nitrogen and oxygen atoms in total. The molecule has 2 aromatic heterocycles. The third-order valence-corrected chi connectivity index (χ3v) is 6.07. The average molecular weight is 473 g/mol. The van der Waals surface area contributed by atoms with E-state index in [1.54, 1.807) is 4.68 Å². The van der Waals surface area contributed by atoms with E-state index < -0.39 is 0 Å². The minimum Gasteiger partial charge on any atom is -0.379 e. The molecule has 0 bridgehead atoms. The van der Waals surface area contributed by atoms with E-state index in [9.17, 15) is 9.59 Å². The highest BCUT2D eigenvalue weighted by molar-refractivity contribution is 5.90. The van der Waals surface area contributed by atoms with E-state index in [1.807, 2.05) is 50.2 Å². The maximum absolute atomic E-state index is 13.0. The Hall–Kier alpha value is -3.82. The molecule has 9 heteroatoms. The highest BCUT2D eigenvalue weighted by atomic mass is 16.5. The lowest BCUT2D eigenvalue weighted by atomic mass is 10.1. The molecule has 3 heterocycles. The summed E-state index contributed by atoms with van der Waals surface area (Å²) in [6.45, 7) is 8.13. The number of hydrogen-bond acceptors (Lipinski definition) is 6. The third-order valence-electron chi connectivity index (χ3n) is 6.07. The number of carbonyl (C=O) groups is 1. The zero-order chi connectivity index (χ0) is 24.4. The van der Waals surface area contributed by atoms with Crippen LogP contribution in [-0.4, -0.2) is 56.4 Å². The van der Waals surface area contributed by atoms with E-state index in [-0.39, 0.29) is 18.0 Å². The van der Waals surface area contributed by atoms with E-state index in [2.05, 4.69) is 26.4 Å². The zero-order valence-corrected chi connectivity index (χ0v) is 19.9. The SMILES string of the molecule is Cc1cc(C)cc(-n2ncc3c(=O)n(CC(=O)Nc4ccc(CN5CCOCC5)cc4)cnc32)c1. The molecule has 0 aliphatic carbocycles. The van der Waals surface area contributed by atoms with Crippen LogP contribution in [0.1, 0.15) is 16.7 Å². The number of fused-ring (bicyclic) bond motifs is 1. The number of aromatic nitrogens is 4. The summed E-state index contributed by atoms with van der Waals surface area (Å²) in [5, 5.41) is 7.60. The molecular formula is C26H28N6O3. The summed E-state index contributed by atoms with van der Waals surface area (Å²) in [4.78, 5) is 32.4. The molecule has 1 aliphatic heterocycles. The topological polar surface area (TPSA) is 94.3 Å². The van der Waals surface area contributed by atoms with Crippen LogP contribution in [0, 0.1) is 13.8 Å². The lowest BCUT2D eigenvalue weighted by Gasteiger charge is -2.26. The van der Waals surface area contributed by atoms with Gasteiger partial charge in [0.05, 0.1) is 25.1 Å². The number of hydrogen-bond donors (Lipinski definition) is 1. The number of carbonyl (C=O) groups excluding carboxylic acids is 1. The van der Waals surface area contributed by atoms with Crippen LogP contribution >= 0.6 is 0 Å². The minimum atomic E-state index is -0.304. The second-order valence-corrected chi connectivity index (χ2v) is 8.95. The van der Waals surface area contributed by atoms with Gasteiger partial charge in [-0.15, -0.1) is 0 Å². The van der Waals surface area contributed by atoms with Gasteiger partial charge in [-0.2, -0.15) is 5.10 Å². The van der Waals surface area contributed by atoms with Gasteiger partial charge >= 0.3 is 0 Å². The summed E-state index contributed by atoms with van der Waals surface area (Å²) in [5.41, 5.74) is 5.07. The Morgan fingerprint density at radius 3 is 2.49 bits per heavy atom. The quantitative estimate of drug-likeness (QED) is 0.464. The minimum absolute atomic E-state index is 0.133. The molecule has 35 heavy (non-hydrogen) atoms. The predicted molar refractivity (Wildman–Crippen MR) is 134 cm³/mol. The number of anilines is 1. The van der Waals surface area contributed by atoms with Crippen molar-refractivity contribution in [1.82, 2.24) is 24.2 Å². The number of rotatable bonds is 6. The first-order chi connectivity index (χ1) is 17.0. The molecule has 180 valence electrons. The number of aryl methyl sites for hydroxylation is 2. The number of nitrogens with zero attached hydrogens (tertiary/aromatic N) is 5. The van der Waals surface area contributed by atoms with Crippen molar-refractivity contribution in [2.24, 2.45) is 0 Å². The van der Waals surface area contributed by atoms with Crippen molar-refractivity contribution in [3.63, 3.8) is 0 Å². The zero-order valence-electron chi connectivity index (χ0n) is 19.9. The van der Waals surface area contributed by atoms with Crippen molar-refractivity contribution in [2.45, 2.75) is 26.9 Å². The van der Waals surface area contributed by atoms with Crippen molar-refractivity contribution in [3.05, 3.63) is 82.0 Å². The van der Waals surface area contributed by atoms with Gasteiger partial charge in [-0.3, -0.25) is 19.1 Å². The summed E-state index contributed by atoms with van der Waals surface area (Å²) < 4.78 is 8.34. The predicted octanol–water partition coefficient (Wildman–Crippen LogP) is 2.67. The number of ether oxygens (including phenoxy) is 1. The monoisotopic (exact) mass is 472 g/mol. The van der Waals surface area contributed by atoms with Crippen LogP contribution in [-0.2, 0) is 22.6 Å². The standard InChI is InChI=1S/C26H28N6O3/c1-18-11-19(2)13-22(12-18)32-25-23(14-28-32)26(34)31(17-27-25)16-24(33)29-21-5-3-20(4-6-21)15-30-7-9-35-10-8-30/h3-6,11-14,17H,7-10,15-16H2,1-2H3,(H,29,33). The maximum atomic E-state index is 13.0. The van der Waals surface area contributed by atoms with Crippen molar-refractivity contribution in [1.29, 1.82) is 0 Å². The van der Waals surface area contributed by atoms with Gasteiger partial charge in [-0.1, -0.05) is 18.2 Å². The lowest BCUT2D eigenvalue weighted by Crippen LogP contribution is -2.35. The van der Waals surface area contributed by atoms with E-state index in [4.69, 9.17) is 4.74 Å². The van der Waals surface area contributed by atoms with Gasteiger partial charge < -0.3 is 10.1 Å². The third kappa shape index (κ3) is 5.16. The first-order valence-corrected chi connectivity index (χ1v) is 11.7. The van der Waals surface area contributed by atoms with Crippen LogP contribution < -0.4 is 10.9 Å². The van der Waals surface area contributed by atoms with Crippen LogP contribution in [0.4, 0.5) is 5.69 Å². The van der Waals surface area contributed by atoms with Gasteiger partial charge in [0.15, 0.2) is 5.65 Å². The Labute approximate surface area is 203 Å². The molecule has 0 unspecified atom stereocenters. The molecule has 0 saturated carbocycles. The summed E-state index contributed by atoms with van der Waals surface area (Å²) >= 11 is 0. The fourth-order valence-electron chi connectivity index (χ4n) is 4.39. The van der Waals surface area contributed by atoms with E-state index in [0.717, 1.165) is 49.7 Å². The highest BCUT2D eigenvalue weighted by Gasteiger charge is 2.14. The molecule has 0 atom stereocenters. The number of morpholine rings is 1. The summed E-state index contributed by atoms with van der Waals surface area (Å²) in [5.74, 6) is -0.295. The Balaban J connectivity index is 1.27. The van der Waals surface area contributed by atoms with Crippen LogP contribution in [0.25, 0.3) is 16.7 Å². The largest absolute Gasteiger partial charge is 0.379 e. The van der Waals surface area contributed by atoms with Crippen LogP contribution in [0.2, 0.25) is 0 Å². The van der Waals surface area contributed by atoms with Crippen LogP contribution in [0.15, 0.2) is 59.8 Å². The van der Waals surface area contributed by atoms with Crippen LogP contribution in [0.3, 0.4) is 0 Å². The average Bonchev–Trinajstić information content (AvgIpc) is 3.27. The molecule has 4 aromatic rings. The van der Waals surface area contributed by atoms with E-state index in [0.29, 0.717) is 16.7 Å². The van der Waals surface area contributed by atoms with Gasteiger partial charge in [-0.25, -0.2) is 9.67 Å². The van der Waals surface area contributed by atoms with E-state index in [1.165, 1.54) is 22.7 Å². The Morgan fingerprint density at radius 2 is 1.77 bits per heavy atom. The van der Waals surface area contributed by atoms with Crippen LogP contribution in [0.5, 0.6) is 0 Å². The molecule has 1 saturated heterocycles. The Morgan fingerprint density at radius 1 is 1.06 bits per heavy atom. The first-order valence-electron chi connectivity index (χ1n) is 11.7. The maximum Gasteiger partial charge on any atom is 0.264 e. The number of benzene rings is 2.